The summed E-state index contributed by atoms with van der Waals surface area (Å²) in [5.74, 6) is 2.21. The van der Waals surface area contributed by atoms with Crippen LogP contribution >= 0.6 is 11.8 Å². The Morgan fingerprint density at radius 1 is 1.47 bits per heavy atom. The van der Waals surface area contributed by atoms with E-state index in [9.17, 15) is 4.79 Å². The Kier molecular flexibility index (Phi) is 1.88. The van der Waals surface area contributed by atoms with E-state index in [2.05, 4.69) is 15.3 Å². The number of hydrogen-bond acceptors (Lipinski definition) is 4. The molecular formula is C9H8N4OS. The van der Waals surface area contributed by atoms with Gasteiger partial charge in [0.2, 0.25) is 0 Å². The van der Waals surface area contributed by atoms with Crippen LogP contribution in [0.25, 0.3) is 5.82 Å². The van der Waals surface area contributed by atoms with Crippen LogP contribution in [0.4, 0.5) is 0 Å². The van der Waals surface area contributed by atoms with Crippen LogP contribution in [-0.4, -0.2) is 20.0 Å². The molecule has 5 nitrogen and oxygen atoms in total. The summed E-state index contributed by atoms with van der Waals surface area (Å²) in [5, 5.41) is 10.7. The second kappa shape index (κ2) is 3.23. The predicted octanol–water partition coefficient (Wildman–Crippen LogP) is 0.702. The molecule has 76 valence electrons. The van der Waals surface area contributed by atoms with Gasteiger partial charge in [0.25, 0.3) is 5.56 Å². The fraction of sp³-hybridized carbons (Fsp3) is 0.222. The van der Waals surface area contributed by atoms with E-state index < -0.39 is 0 Å². The van der Waals surface area contributed by atoms with Crippen LogP contribution < -0.4 is 5.56 Å². The van der Waals surface area contributed by atoms with Crippen LogP contribution in [0.2, 0.25) is 0 Å². The zero-order chi connectivity index (χ0) is 10.3. The molecule has 1 aliphatic rings. The van der Waals surface area contributed by atoms with Gasteiger partial charge in [-0.25, -0.2) is 0 Å². The molecule has 3 rings (SSSR count). The van der Waals surface area contributed by atoms with Crippen molar-refractivity contribution in [3.8, 4) is 5.82 Å². The van der Waals surface area contributed by atoms with Crippen LogP contribution in [0.5, 0.6) is 0 Å². The average Bonchev–Trinajstić information content (AvgIpc) is 2.83. The zero-order valence-corrected chi connectivity index (χ0v) is 8.62. The van der Waals surface area contributed by atoms with Gasteiger partial charge in [0.1, 0.15) is 0 Å². The van der Waals surface area contributed by atoms with Gasteiger partial charge in [-0.2, -0.15) is 21.5 Å². The maximum atomic E-state index is 11.9. The fourth-order valence-corrected chi connectivity index (χ4v) is 2.66. The smallest absolute Gasteiger partial charge is 0.277 e. The molecule has 0 fully saturated rings. The van der Waals surface area contributed by atoms with Crippen LogP contribution in [0.3, 0.4) is 0 Å². The lowest BCUT2D eigenvalue weighted by atomic mass is 10.3. The second-order valence-corrected chi connectivity index (χ2v) is 4.27. The first-order chi connectivity index (χ1) is 7.36. The largest absolute Gasteiger partial charge is 0.292 e. The average molecular weight is 220 g/mol. The zero-order valence-electron chi connectivity index (χ0n) is 7.80. The number of aromatic nitrogens is 4. The third-order valence-corrected chi connectivity index (χ3v) is 3.34. The normalized spacial score (nSPS) is 14.1. The van der Waals surface area contributed by atoms with Gasteiger partial charge in [-0.15, -0.1) is 5.10 Å². The van der Waals surface area contributed by atoms with E-state index in [1.54, 1.807) is 30.1 Å². The topological polar surface area (TPSA) is 63.6 Å². The van der Waals surface area contributed by atoms with Crippen molar-refractivity contribution in [3.05, 3.63) is 39.9 Å². The third-order valence-electron chi connectivity index (χ3n) is 2.35. The van der Waals surface area contributed by atoms with Gasteiger partial charge in [-0.05, 0) is 12.1 Å². The Labute approximate surface area is 89.5 Å². The summed E-state index contributed by atoms with van der Waals surface area (Å²) >= 11 is 1.75. The van der Waals surface area contributed by atoms with Gasteiger partial charge in [-0.1, -0.05) is 0 Å². The summed E-state index contributed by atoms with van der Waals surface area (Å²) in [7, 11) is 0. The molecule has 0 aromatic carbocycles. The number of aromatic amines is 1. The van der Waals surface area contributed by atoms with Crippen molar-refractivity contribution in [2.75, 3.05) is 0 Å². The van der Waals surface area contributed by atoms with Crippen molar-refractivity contribution in [1.82, 2.24) is 20.0 Å². The van der Waals surface area contributed by atoms with Crippen molar-refractivity contribution in [1.29, 1.82) is 0 Å². The highest BCUT2D eigenvalue weighted by molar-refractivity contribution is 7.98. The van der Waals surface area contributed by atoms with Crippen molar-refractivity contribution in [2.24, 2.45) is 0 Å². The SMILES string of the molecule is O=c1c2c([nH]n1-c1cccnn1)CSC2. The molecule has 1 N–H and O–H groups in total. The summed E-state index contributed by atoms with van der Waals surface area (Å²) < 4.78 is 1.46. The van der Waals surface area contributed by atoms with E-state index in [1.807, 2.05) is 0 Å². The number of nitrogens with one attached hydrogen (secondary N) is 1. The summed E-state index contributed by atoms with van der Waals surface area (Å²) in [4.78, 5) is 11.9. The Hall–Kier alpha value is -1.56. The van der Waals surface area contributed by atoms with Gasteiger partial charge in [-0.3, -0.25) is 9.89 Å². The third kappa shape index (κ3) is 1.29. The number of nitrogens with zero attached hydrogens (tertiary/aromatic N) is 3. The lowest BCUT2D eigenvalue weighted by Gasteiger charge is -1.98. The number of thioether (sulfide) groups is 1. The Balaban J connectivity index is 2.19. The van der Waals surface area contributed by atoms with Crippen LogP contribution in [0.15, 0.2) is 23.1 Å². The van der Waals surface area contributed by atoms with E-state index in [0.29, 0.717) is 5.82 Å². The summed E-state index contributed by atoms with van der Waals surface area (Å²) in [5.41, 5.74) is 1.87. The number of fused-ring (bicyclic) bond motifs is 1. The van der Waals surface area contributed by atoms with Crippen LogP contribution in [0, 0.1) is 0 Å². The highest BCUT2D eigenvalue weighted by Gasteiger charge is 2.20. The lowest BCUT2D eigenvalue weighted by molar-refractivity contribution is 0.779. The molecule has 0 aliphatic carbocycles. The number of hydrogen-bond donors (Lipinski definition) is 1. The van der Waals surface area contributed by atoms with Crippen LogP contribution in [0.1, 0.15) is 11.3 Å². The van der Waals surface area contributed by atoms with Crippen molar-refractivity contribution < 1.29 is 0 Å². The Morgan fingerprint density at radius 3 is 3.13 bits per heavy atom. The van der Waals surface area contributed by atoms with Crippen LogP contribution in [-0.2, 0) is 11.5 Å². The first-order valence-electron chi connectivity index (χ1n) is 4.55. The van der Waals surface area contributed by atoms with E-state index >= 15 is 0 Å². The quantitative estimate of drug-likeness (QED) is 0.768. The van der Waals surface area contributed by atoms with E-state index in [4.69, 9.17) is 0 Å². The van der Waals surface area contributed by atoms with E-state index in [-0.39, 0.29) is 5.56 Å². The molecular weight excluding hydrogens is 212 g/mol. The molecule has 0 amide bonds. The van der Waals surface area contributed by atoms with Crippen molar-refractivity contribution in [3.63, 3.8) is 0 Å². The second-order valence-electron chi connectivity index (χ2n) is 3.28. The maximum absolute atomic E-state index is 11.9. The molecule has 0 atom stereocenters. The van der Waals surface area contributed by atoms with Gasteiger partial charge in [0.15, 0.2) is 5.82 Å². The van der Waals surface area contributed by atoms with Crippen molar-refractivity contribution >= 4 is 11.8 Å². The highest BCUT2D eigenvalue weighted by Crippen LogP contribution is 2.25. The van der Waals surface area contributed by atoms with Gasteiger partial charge < -0.3 is 0 Å². The predicted molar refractivity (Wildman–Crippen MR) is 57.0 cm³/mol. The number of H-pyrrole nitrogens is 1. The number of rotatable bonds is 1. The minimum absolute atomic E-state index is 0.00417. The molecule has 3 heterocycles. The molecule has 2 aromatic heterocycles. The first kappa shape index (κ1) is 8.72. The molecule has 6 heteroatoms. The van der Waals surface area contributed by atoms with Crippen molar-refractivity contribution in [2.45, 2.75) is 11.5 Å². The standard InChI is InChI=1S/C9H8N4OS/c14-9-6-4-15-5-7(6)12-13(9)8-2-1-3-10-11-8/h1-3,12H,4-5H2. The summed E-state index contributed by atoms with van der Waals surface area (Å²) in [6.07, 6.45) is 1.58. The minimum atomic E-state index is -0.00417. The summed E-state index contributed by atoms with van der Waals surface area (Å²) in [6, 6.07) is 3.52. The van der Waals surface area contributed by atoms with Gasteiger partial charge in [0, 0.05) is 17.7 Å². The molecule has 15 heavy (non-hydrogen) atoms. The molecule has 0 bridgehead atoms. The van der Waals surface area contributed by atoms with Gasteiger partial charge >= 0.3 is 0 Å². The molecule has 0 radical (unpaired) electrons. The molecule has 0 saturated heterocycles. The minimum Gasteiger partial charge on any atom is -0.292 e. The van der Waals surface area contributed by atoms with Gasteiger partial charge in [0.05, 0.1) is 11.3 Å². The Morgan fingerprint density at radius 2 is 2.40 bits per heavy atom. The highest BCUT2D eigenvalue weighted by atomic mass is 32.2. The van der Waals surface area contributed by atoms with E-state index in [1.165, 1.54) is 4.68 Å². The molecule has 0 spiro atoms. The molecule has 2 aromatic rings. The first-order valence-corrected chi connectivity index (χ1v) is 5.70. The lowest BCUT2D eigenvalue weighted by Crippen LogP contribution is -2.18. The fourth-order valence-electron chi connectivity index (χ4n) is 1.61. The summed E-state index contributed by atoms with van der Waals surface area (Å²) in [6.45, 7) is 0. The molecule has 0 saturated carbocycles. The Bertz CT molecular complexity index is 545. The maximum Gasteiger partial charge on any atom is 0.277 e. The molecule has 1 aliphatic heterocycles. The monoisotopic (exact) mass is 220 g/mol. The molecule has 0 unspecified atom stereocenters. The van der Waals surface area contributed by atoms with E-state index in [0.717, 1.165) is 22.8 Å².